The van der Waals surface area contributed by atoms with E-state index in [1.807, 2.05) is 43.9 Å². The highest BCUT2D eigenvalue weighted by molar-refractivity contribution is 7.17. The Morgan fingerprint density at radius 3 is 2.45 bits per heavy atom. The first-order valence-electron chi connectivity index (χ1n) is 10.6. The fraction of sp³-hybridized carbons (Fsp3) is 0.417. The van der Waals surface area contributed by atoms with E-state index in [0.717, 1.165) is 43.2 Å². The van der Waals surface area contributed by atoms with E-state index >= 15 is 0 Å². The molecule has 5 heteroatoms. The summed E-state index contributed by atoms with van der Waals surface area (Å²) in [6.07, 6.45) is 2.71. The van der Waals surface area contributed by atoms with Crippen molar-refractivity contribution in [2.75, 3.05) is 33.2 Å². The van der Waals surface area contributed by atoms with Gasteiger partial charge in [0.2, 0.25) is 0 Å². The normalized spacial score (nSPS) is 10.7. The Morgan fingerprint density at radius 1 is 1.00 bits per heavy atom. The van der Waals surface area contributed by atoms with Gasteiger partial charge in [-0.05, 0) is 44.3 Å². The Labute approximate surface area is 179 Å². The van der Waals surface area contributed by atoms with Crippen LogP contribution in [-0.2, 0) is 0 Å². The van der Waals surface area contributed by atoms with Gasteiger partial charge in [0.1, 0.15) is 9.88 Å². The Hall–Kier alpha value is -2.24. The van der Waals surface area contributed by atoms with E-state index in [1.54, 1.807) is 6.20 Å². The van der Waals surface area contributed by atoms with Gasteiger partial charge in [-0.1, -0.05) is 63.2 Å². The molecule has 1 aromatic heterocycles. The molecule has 0 bridgehead atoms. The van der Waals surface area contributed by atoms with Crippen molar-refractivity contribution in [2.24, 2.45) is 0 Å². The van der Waals surface area contributed by atoms with Crippen LogP contribution in [0.5, 0.6) is 0 Å². The highest BCUT2D eigenvalue weighted by Crippen LogP contribution is 2.32. The molecule has 0 aliphatic rings. The van der Waals surface area contributed by atoms with Crippen molar-refractivity contribution in [3.8, 4) is 10.6 Å². The maximum Gasteiger partial charge on any atom is 0.265 e. The standard InChI is InChI=1S/C22H27N3OS.C2H6/c1-4-24(3)14-9-15-25(5-2)22(26)20-16-23-21(27-20)19-13-8-11-17-10-6-7-12-18(17)19;1-2/h6-8,10-13,16H,4-5,9,14-15H2,1-3H3;1-2H3. The minimum atomic E-state index is 0.0839. The quantitative estimate of drug-likeness (QED) is 0.470. The molecule has 1 heterocycles. The second-order valence-electron chi connectivity index (χ2n) is 6.69. The van der Waals surface area contributed by atoms with Crippen LogP contribution < -0.4 is 0 Å². The topological polar surface area (TPSA) is 36.4 Å². The fourth-order valence-corrected chi connectivity index (χ4v) is 4.08. The van der Waals surface area contributed by atoms with Gasteiger partial charge in [0, 0.05) is 18.7 Å². The maximum atomic E-state index is 12.9. The zero-order valence-corrected chi connectivity index (χ0v) is 19.1. The summed E-state index contributed by atoms with van der Waals surface area (Å²) in [6, 6.07) is 14.5. The van der Waals surface area contributed by atoms with Crippen molar-refractivity contribution in [1.29, 1.82) is 0 Å². The second kappa shape index (κ2) is 11.7. The first kappa shape index (κ1) is 23.0. The first-order chi connectivity index (χ1) is 14.1. The molecule has 0 saturated heterocycles. The van der Waals surface area contributed by atoms with E-state index in [4.69, 9.17) is 0 Å². The van der Waals surface area contributed by atoms with Crippen LogP contribution in [0, 0.1) is 0 Å². The minimum absolute atomic E-state index is 0.0839. The molecular weight excluding hydrogens is 378 g/mol. The third kappa shape index (κ3) is 5.87. The molecule has 1 amide bonds. The second-order valence-corrected chi connectivity index (χ2v) is 7.72. The van der Waals surface area contributed by atoms with Crippen LogP contribution in [0.3, 0.4) is 0 Å². The SMILES string of the molecule is CC.CCN(C)CCCN(CC)C(=O)c1cnc(-c2cccc3ccccc23)s1. The number of carbonyl (C=O) groups is 1. The van der Waals surface area contributed by atoms with E-state index in [1.165, 1.54) is 22.1 Å². The lowest BCUT2D eigenvalue weighted by atomic mass is 10.1. The number of benzene rings is 2. The number of nitrogens with zero attached hydrogens (tertiary/aromatic N) is 3. The van der Waals surface area contributed by atoms with Crippen LogP contribution in [0.15, 0.2) is 48.7 Å². The molecule has 2 aromatic carbocycles. The van der Waals surface area contributed by atoms with E-state index in [0.29, 0.717) is 4.88 Å². The molecule has 156 valence electrons. The van der Waals surface area contributed by atoms with E-state index < -0.39 is 0 Å². The molecule has 3 aromatic rings. The number of hydrogen-bond acceptors (Lipinski definition) is 4. The van der Waals surface area contributed by atoms with Crippen LogP contribution in [0.4, 0.5) is 0 Å². The molecule has 0 N–H and O–H groups in total. The monoisotopic (exact) mass is 411 g/mol. The number of carbonyl (C=O) groups excluding carboxylic acids is 1. The van der Waals surface area contributed by atoms with Gasteiger partial charge in [-0.25, -0.2) is 4.98 Å². The van der Waals surface area contributed by atoms with Gasteiger partial charge in [-0.15, -0.1) is 11.3 Å². The summed E-state index contributed by atoms with van der Waals surface area (Å²) in [5.41, 5.74) is 1.09. The van der Waals surface area contributed by atoms with Gasteiger partial charge in [0.05, 0.1) is 6.20 Å². The number of fused-ring (bicyclic) bond motifs is 1. The predicted octanol–water partition coefficient (Wildman–Crippen LogP) is 5.79. The van der Waals surface area contributed by atoms with Gasteiger partial charge in [-0.2, -0.15) is 0 Å². The third-order valence-corrected chi connectivity index (χ3v) is 5.93. The molecule has 29 heavy (non-hydrogen) atoms. The lowest BCUT2D eigenvalue weighted by Crippen LogP contribution is -2.33. The van der Waals surface area contributed by atoms with Crippen LogP contribution in [0.1, 0.15) is 43.8 Å². The Kier molecular flexibility index (Phi) is 9.29. The van der Waals surface area contributed by atoms with Crippen LogP contribution in [0.25, 0.3) is 21.3 Å². The van der Waals surface area contributed by atoms with Gasteiger partial charge in [0.25, 0.3) is 5.91 Å². The molecule has 0 radical (unpaired) electrons. The maximum absolute atomic E-state index is 12.9. The molecular formula is C24H33N3OS. The largest absolute Gasteiger partial charge is 0.338 e. The average molecular weight is 412 g/mol. The predicted molar refractivity (Wildman–Crippen MR) is 126 cm³/mol. The lowest BCUT2D eigenvalue weighted by Gasteiger charge is -2.21. The van der Waals surface area contributed by atoms with Crippen LogP contribution in [-0.4, -0.2) is 53.9 Å². The molecule has 3 rings (SSSR count). The number of thiazole rings is 1. The molecule has 0 saturated carbocycles. The van der Waals surface area contributed by atoms with Crippen molar-refractivity contribution in [3.05, 3.63) is 53.5 Å². The molecule has 0 unspecified atom stereocenters. The smallest absolute Gasteiger partial charge is 0.265 e. The van der Waals surface area contributed by atoms with Crippen LogP contribution >= 0.6 is 11.3 Å². The lowest BCUT2D eigenvalue weighted by molar-refractivity contribution is 0.0763. The van der Waals surface area contributed by atoms with Crippen molar-refractivity contribution in [1.82, 2.24) is 14.8 Å². The van der Waals surface area contributed by atoms with Gasteiger partial charge in [-0.3, -0.25) is 4.79 Å². The number of hydrogen-bond donors (Lipinski definition) is 0. The van der Waals surface area contributed by atoms with Gasteiger partial charge in [0.15, 0.2) is 0 Å². The van der Waals surface area contributed by atoms with Crippen LogP contribution in [0.2, 0.25) is 0 Å². The minimum Gasteiger partial charge on any atom is -0.338 e. The zero-order valence-electron chi connectivity index (χ0n) is 18.3. The molecule has 4 nitrogen and oxygen atoms in total. The summed E-state index contributed by atoms with van der Waals surface area (Å²) < 4.78 is 0. The Morgan fingerprint density at radius 2 is 1.72 bits per heavy atom. The highest BCUT2D eigenvalue weighted by atomic mass is 32.1. The van der Waals surface area contributed by atoms with E-state index in [-0.39, 0.29) is 5.91 Å². The molecule has 0 aliphatic carbocycles. The molecule has 0 aliphatic heterocycles. The summed E-state index contributed by atoms with van der Waals surface area (Å²) in [4.78, 5) is 22.4. The Balaban J connectivity index is 0.00000145. The number of aromatic nitrogens is 1. The summed E-state index contributed by atoms with van der Waals surface area (Å²) in [5, 5.41) is 3.26. The summed E-state index contributed by atoms with van der Waals surface area (Å²) in [7, 11) is 2.11. The van der Waals surface area contributed by atoms with Gasteiger partial charge >= 0.3 is 0 Å². The van der Waals surface area contributed by atoms with Gasteiger partial charge < -0.3 is 9.80 Å². The number of amides is 1. The molecule has 0 atom stereocenters. The van der Waals surface area contributed by atoms with Crippen molar-refractivity contribution >= 4 is 28.0 Å². The van der Waals surface area contributed by atoms with Crippen molar-refractivity contribution < 1.29 is 4.79 Å². The number of rotatable bonds is 8. The fourth-order valence-electron chi connectivity index (χ4n) is 3.16. The van der Waals surface area contributed by atoms with E-state index in [9.17, 15) is 4.79 Å². The van der Waals surface area contributed by atoms with Crippen molar-refractivity contribution in [2.45, 2.75) is 34.1 Å². The Bertz CT molecular complexity index is 901. The summed E-state index contributed by atoms with van der Waals surface area (Å²) >= 11 is 1.48. The summed E-state index contributed by atoms with van der Waals surface area (Å²) in [5.74, 6) is 0.0839. The highest BCUT2D eigenvalue weighted by Gasteiger charge is 2.18. The molecule has 0 fully saturated rings. The average Bonchev–Trinajstić information content (AvgIpc) is 3.27. The third-order valence-electron chi connectivity index (χ3n) is 4.91. The van der Waals surface area contributed by atoms with Crippen molar-refractivity contribution in [3.63, 3.8) is 0 Å². The van der Waals surface area contributed by atoms with E-state index in [2.05, 4.69) is 48.1 Å². The summed E-state index contributed by atoms with van der Waals surface area (Å²) in [6.45, 7) is 11.7. The first-order valence-corrected chi connectivity index (χ1v) is 11.4. The zero-order chi connectivity index (χ0) is 21.2. The molecule has 0 spiro atoms.